The fourth-order valence-electron chi connectivity index (χ4n) is 3.02. The minimum Gasteiger partial charge on any atom is -0.492 e. The molecule has 0 saturated carbocycles. The van der Waals surface area contributed by atoms with Gasteiger partial charge >= 0.3 is 0 Å². The van der Waals surface area contributed by atoms with Crippen LogP contribution in [0.4, 0.5) is 5.13 Å². The average Bonchev–Trinajstić information content (AvgIpc) is 3.26. The molecule has 32 heavy (non-hydrogen) atoms. The number of amides is 1. The zero-order valence-electron chi connectivity index (χ0n) is 17.7. The Hall–Kier alpha value is -3.78. The summed E-state index contributed by atoms with van der Waals surface area (Å²) >= 11 is 1.34. The van der Waals surface area contributed by atoms with E-state index in [1.165, 1.54) is 39.3 Å². The first-order valence-electron chi connectivity index (χ1n) is 10.1. The van der Waals surface area contributed by atoms with E-state index in [1.54, 1.807) is 0 Å². The van der Waals surface area contributed by atoms with Crippen LogP contribution in [0.5, 0.6) is 5.75 Å². The molecule has 0 bridgehead atoms. The predicted molar refractivity (Wildman–Crippen MR) is 125 cm³/mol. The predicted octanol–water partition coefficient (Wildman–Crippen LogP) is 4.31. The number of para-hydroxylation sites is 1. The monoisotopic (exact) mass is 446 g/mol. The number of carbonyl (C=O) groups excluding carboxylic acids is 1. The van der Waals surface area contributed by atoms with Crippen LogP contribution in [0.1, 0.15) is 21.6 Å². The van der Waals surface area contributed by atoms with Crippen LogP contribution in [0, 0.1) is 13.8 Å². The maximum atomic E-state index is 12.7. The molecule has 4 aromatic rings. The van der Waals surface area contributed by atoms with Crippen LogP contribution >= 0.6 is 11.3 Å². The number of anilines is 1. The van der Waals surface area contributed by atoms with Gasteiger partial charge in [-0.1, -0.05) is 30.3 Å². The first-order valence-corrected chi connectivity index (χ1v) is 11.0. The van der Waals surface area contributed by atoms with Crippen molar-refractivity contribution in [3.05, 3.63) is 93.2 Å². The van der Waals surface area contributed by atoms with Crippen LogP contribution in [0.25, 0.3) is 11.3 Å². The first-order chi connectivity index (χ1) is 15.5. The smallest absolute Gasteiger partial charge is 0.277 e. The molecule has 162 valence electrons. The number of hydrogen-bond donors (Lipinski definition) is 1. The van der Waals surface area contributed by atoms with E-state index in [-0.39, 0.29) is 24.4 Å². The fourth-order valence-corrected chi connectivity index (χ4v) is 3.74. The number of aryl methyl sites for hydroxylation is 2. The first kappa shape index (κ1) is 21.5. The molecule has 0 fully saturated rings. The second kappa shape index (κ2) is 9.57. The number of hydrogen-bond acceptors (Lipinski definition) is 6. The van der Waals surface area contributed by atoms with Gasteiger partial charge in [-0.05, 0) is 49.2 Å². The average molecular weight is 447 g/mol. The van der Waals surface area contributed by atoms with Gasteiger partial charge in [-0.15, -0.1) is 11.3 Å². The van der Waals surface area contributed by atoms with Crippen molar-refractivity contribution in [3.63, 3.8) is 0 Å². The standard InChI is InChI=1S/C24H22N4O3S/c1-16-8-9-18(14-17(16)2)21-15-32-24(25-21)26-23(30)20-10-11-22(29)28(27-20)12-13-31-19-6-4-3-5-7-19/h3-11,14-15H,12-13H2,1-2H3,(H,25,26,30). The second-order valence-corrected chi connectivity index (χ2v) is 8.09. The Labute approximate surface area is 189 Å². The molecule has 0 spiro atoms. The molecule has 0 aliphatic heterocycles. The van der Waals surface area contributed by atoms with E-state index >= 15 is 0 Å². The highest BCUT2D eigenvalue weighted by atomic mass is 32.1. The van der Waals surface area contributed by atoms with Crippen molar-refractivity contribution < 1.29 is 9.53 Å². The number of nitrogens with zero attached hydrogens (tertiary/aromatic N) is 3. The second-order valence-electron chi connectivity index (χ2n) is 7.23. The van der Waals surface area contributed by atoms with Gasteiger partial charge in [-0.2, -0.15) is 5.10 Å². The molecule has 1 N–H and O–H groups in total. The zero-order valence-corrected chi connectivity index (χ0v) is 18.6. The van der Waals surface area contributed by atoms with E-state index in [4.69, 9.17) is 4.74 Å². The van der Waals surface area contributed by atoms with Gasteiger partial charge in [0, 0.05) is 17.0 Å². The molecule has 7 nitrogen and oxygen atoms in total. The molecule has 1 amide bonds. The molecule has 0 atom stereocenters. The van der Waals surface area contributed by atoms with Crippen LogP contribution in [0.15, 0.2) is 70.8 Å². The van der Waals surface area contributed by atoms with Gasteiger partial charge in [0.05, 0.1) is 12.2 Å². The molecule has 0 aliphatic carbocycles. The van der Waals surface area contributed by atoms with Crippen molar-refractivity contribution in [1.29, 1.82) is 0 Å². The van der Waals surface area contributed by atoms with Crippen LogP contribution in [0.3, 0.4) is 0 Å². The molecule has 2 heterocycles. The molecule has 0 saturated heterocycles. The number of ether oxygens (including phenoxy) is 1. The Kier molecular flexibility index (Phi) is 6.42. The van der Waals surface area contributed by atoms with Gasteiger partial charge in [-0.25, -0.2) is 9.67 Å². The van der Waals surface area contributed by atoms with E-state index in [2.05, 4.69) is 41.4 Å². The summed E-state index contributed by atoms with van der Waals surface area (Å²) in [5.74, 6) is 0.279. The molecule has 2 aromatic carbocycles. The Balaban J connectivity index is 1.42. The third-order valence-electron chi connectivity index (χ3n) is 4.94. The van der Waals surface area contributed by atoms with Crippen molar-refractivity contribution in [2.75, 3.05) is 11.9 Å². The number of carbonyl (C=O) groups is 1. The van der Waals surface area contributed by atoms with E-state index in [1.807, 2.05) is 41.8 Å². The summed E-state index contributed by atoms with van der Waals surface area (Å²) < 4.78 is 6.84. The lowest BCUT2D eigenvalue weighted by molar-refractivity contribution is 0.101. The summed E-state index contributed by atoms with van der Waals surface area (Å²) in [4.78, 5) is 29.3. The van der Waals surface area contributed by atoms with Gasteiger partial charge in [0.1, 0.15) is 18.1 Å². The summed E-state index contributed by atoms with van der Waals surface area (Å²) in [7, 11) is 0. The number of rotatable bonds is 7. The quantitative estimate of drug-likeness (QED) is 0.457. The largest absolute Gasteiger partial charge is 0.492 e. The van der Waals surface area contributed by atoms with Gasteiger partial charge in [0.25, 0.3) is 11.5 Å². The molecule has 4 rings (SSSR count). The highest BCUT2D eigenvalue weighted by Gasteiger charge is 2.13. The summed E-state index contributed by atoms with van der Waals surface area (Å²) in [6, 6.07) is 18.2. The lowest BCUT2D eigenvalue weighted by Crippen LogP contribution is -2.28. The topological polar surface area (TPSA) is 86.1 Å². The Bertz CT molecular complexity index is 1300. The maximum absolute atomic E-state index is 12.7. The van der Waals surface area contributed by atoms with Crippen molar-refractivity contribution >= 4 is 22.4 Å². The van der Waals surface area contributed by atoms with Crippen LogP contribution in [-0.4, -0.2) is 27.3 Å². The Morgan fingerprint density at radius 1 is 1.06 bits per heavy atom. The lowest BCUT2D eigenvalue weighted by Gasteiger charge is -2.08. The Morgan fingerprint density at radius 3 is 2.66 bits per heavy atom. The van der Waals surface area contributed by atoms with Crippen LogP contribution in [-0.2, 0) is 6.54 Å². The zero-order chi connectivity index (χ0) is 22.5. The van der Waals surface area contributed by atoms with Crippen molar-refractivity contribution in [2.45, 2.75) is 20.4 Å². The van der Waals surface area contributed by atoms with E-state index < -0.39 is 5.91 Å². The number of aromatic nitrogens is 3. The minimum absolute atomic E-state index is 0.132. The molecule has 8 heteroatoms. The molecular weight excluding hydrogens is 424 g/mol. The normalized spacial score (nSPS) is 10.7. The number of nitrogens with one attached hydrogen (secondary N) is 1. The molecular formula is C24H22N4O3S. The van der Waals surface area contributed by atoms with Crippen molar-refractivity contribution in [3.8, 4) is 17.0 Å². The fraction of sp³-hybridized carbons (Fsp3) is 0.167. The third-order valence-corrected chi connectivity index (χ3v) is 5.70. The SMILES string of the molecule is Cc1ccc(-c2csc(NC(=O)c3ccc(=O)n(CCOc4ccccc4)n3)n2)cc1C. The lowest BCUT2D eigenvalue weighted by atomic mass is 10.1. The highest BCUT2D eigenvalue weighted by Crippen LogP contribution is 2.26. The summed E-state index contributed by atoms with van der Waals surface area (Å²) in [5.41, 5.74) is 4.02. The van der Waals surface area contributed by atoms with E-state index in [0.717, 1.165) is 11.3 Å². The van der Waals surface area contributed by atoms with E-state index in [9.17, 15) is 9.59 Å². The van der Waals surface area contributed by atoms with Gasteiger partial charge in [0.2, 0.25) is 0 Å². The van der Waals surface area contributed by atoms with Gasteiger partial charge in [0.15, 0.2) is 5.13 Å². The third kappa shape index (κ3) is 5.09. The highest BCUT2D eigenvalue weighted by molar-refractivity contribution is 7.14. The summed E-state index contributed by atoms with van der Waals surface area (Å²) in [6.07, 6.45) is 0. The van der Waals surface area contributed by atoms with Crippen molar-refractivity contribution in [1.82, 2.24) is 14.8 Å². The number of benzene rings is 2. The molecule has 0 radical (unpaired) electrons. The van der Waals surface area contributed by atoms with Crippen molar-refractivity contribution in [2.24, 2.45) is 0 Å². The number of thiazole rings is 1. The molecule has 0 unspecified atom stereocenters. The summed E-state index contributed by atoms with van der Waals surface area (Å²) in [6.45, 7) is 4.60. The maximum Gasteiger partial charge on any atom is 0.277 e. The molecule has 2 aromatic heterocycles. The van der Waals surface area contributed by atoms with Gasteiger partial charge < -0.3 is 4.74 Å². The Morgan fingerprint density at radius 2 is 1.88 bits per heavy atom. The van der Waals surface area contributed by atoms with Gasteiger partial charge in [-0.3, -0.25) is 14.9 Å². The van der Waals surface area contributed by atoms with Crippen LogP contribution in [0.2, 0.25) is 0 Å². The van der Waals surface area contributed by atoms with Crippen LogP contribution < -0.4 is 15.6 Å². The van der Waals surface area contributed by atoms with E-state index in [0.29, 0.717) is 10.9 Å². The molecule has 0 aliphatic rings. The minimum atomic E-state index is -0.427. The summed E-state index contributed by atoms with van der Waals surface area (Å²) in [5, 5.41) is 9.30.